The molecule has 2 heterocycles. The van der Waals surface area contributed by atoms with Gasteiger partial charge in [0.1, 0.15) is 5.52 Å². The number of para-hydroxylation sites is 1. The Morgan fingerprint density at radius 2 is 1.82 bits per heavy atom. The standard InChI is InChI=1S/C16H11BrN4S/c17-11-7-5-10(6-8-11)9-22-16-19-15-14(20-21-16)12-3-1-2-4-13(12)18-15/h1-8H,9H2,(H,18,19,21). The van der Waals surface area contributed by atoms with E-state index >= 15 is 0 Å². The minimum atomic E-state index is 0.682. The van der Waals surface area contributed by atoms with Crippen LogP contribution in [0, 0.1) is 0 Å². The summed E-state index contributed by atoms with van der Waals surface area (Å²) in [5.41, 5.74) is 3.88. The number of benzene rings is 2. The molecule has 0 aliphatic rings. The molecule has 0 atom stereocenters. The first kappa shape index (κ1) is 13.7. The minimum Gasteiger partial charge on any atom is -0.338 e. The van der Waals surface area contributed by atoms with Crippen LogP contribution in [0.25, 0.3) is 22.1 Å². The molecule has 0 aliphatic heterocycles. The SMILES string of the molecule is Brc1ccc(CSc2nnc3c(n2)[nH]c2ccccc23)cc1. The van der Waals surface area contributed by atoms with E-state index in [4.69, 9.17) is 0 Å². The summed E-state index contributed by atoms with van der Waals surface area (Å²) in [6.45, 7) is 0. The summed E-state index contributed by atoms with van der Waals surface area (Å²) in [6.07, 6.45) is 0. The lowest BCUT2D eigenvalue weighted by Gasteiger charge is -2.00. The van der Waals surface area contributed by atoms with Gasteiger partial charge in [-0.05, 0) is 23.8 Å². The summed E-state index contributed by atoms with van der Waals surface area (Å²) in [5, 5.41) is 10.3. The van der Waals surface area contributed by atoms with Crippen molar-refractivity contribution in [3.63, 3.8) is 0 Å². The fourth-order valence-electron chi connectivity index (χ4n) is 2.30. The van der Waals surface area contributed by atoms with Crippen LogP contribution in [0.15, 0.2) is 58.2 Å². The Morgan fingerprint density at radius 1 is 1.00 bits per heavy atom. The predicted octanol–water partition coefficient (Wildman–Crippen LogP) is 4.56. The number of H-pyrrole nitrogens is 1. The highest BCUT2D eigenvalue weighted by Crippen LogP contribution is 2.25. The second-order valence-electron chi connectivity index (χ2n) is 4.88. The van der Waals surface area contributed by atoms with Crippen molar-refractivity contribution in [2.24, 2.45) is 0 Å². The van der Waals surface area contributed by atoms with Gasteiger partial charge in [0.2, 0.25) is 5.16 Å². The van der Waals surface area contributed by atoms with Crippen LogP contribution < -0.4 is 0 Å². The lowest BCUT2D eigenvalue weighted by molar-refractivity contribution is 0.878. The third-order valence-corrected chi connectivity index (χ3v) is 4.82. The first-order chi connectivity index (χ1) is 10.8. The van der Waals surface area contributed by atoms with Crippen molar-refractivity contribution in [3.05, 3.63) is 58.6 Å². The van der Waals surface area contributed by atoms with E-state index in [-0.39, 0.29) is 0 Å². The summed E-state index contributed by atoms with van der Waals surface area (Å²) >= 11 is 5.02. The molecule has 4 aromatic rings. The molecule has 1 N–H and O–H groups in total. The van der Waals surface area contributed by atoms with E-state index in [0.717, 1.165) is 32.3 Å². The van der Waals surface area contributed by atoms with Crippen LogP contribution in [0.5, 0.6) is 0 Å². The number of nitrogens with zero attached hydrogens (tertiary/aromatic N) is 3. The molecular formula is C16H11BrN4S. The number of hydrogen-bond acceptors (Lipinski definition) is 4. The largest absolute Gasteiger partial charge is 0.338 e. The van der Waals surface area contributed by atoms with Gasteiger partial charge in [0, 0.05) is 21.1 Å². The van der Waals surface area contributed by atoms with Crippen LogP contribution in [0.3, 0.4) is 0 Å². The lowest BCUT2D eigenvalue weighted by Crippen LogP contribution is -1.92. The van der Waals surface area contributed by atoms with E-state index in [1.165, 1.54) is 5.56 Å². The molecule has 0 radical (unpaired) electrons. The molecule has 6 heteroatoms. The maximum atomic E-state index is 4.57. The van der Waals surface area contributed by atoms with Gasteiger partial charge in [0.25, 0.3) is 0 Å². The van der Waals surface area contributed by atoms with Gasteiger partial charge >= 0.3 is 0 Å². The molecule has 0 bridgehead atoms. The molecule has 4 rings (SSSR count). The highest BCUT2D eigenvalue weighted by molar-refractivity contribution is 9.10. The summed E-state index contributed by atoms with van der Waals surface area (Å²) in [5.74, 6) is 0.820. The molecule has 0 aliphatic carbocycles. The Balaban J connectivity index is 1.62. The lowest BCUT2D eigenvalue weighted by atomic mass is 10.2. The first-order valence-corrected chi connectivity index (χ1v) is 8.56. The summed E-state index contributed by atoms with van der Waals surface area (Å²) in [6, 6.07) is 16.3. The van der Waals surface area contributed by atoms with E-state index < -0.39 is 0 Å². The zero-order valence-electron chi connectivity index (χ0n) is 11.5. The smallest absolute Gasteiger partial charge is 0.211 e. The van der Waals surface area contributed by atoms with Crippen molar-refractivity contribution < 1.29 is 0 Å². The number of aromatic amines is 1. The molecule has 0 amide bonds. The Kier molecular flexibility index (Phi) is 3.56. The molecule has 0 fully saturated rings. The predicted molar refractivity (Wildman–Crippen MR) is 92.9 cm³/mol. The second-order valence-corrected chi connectivity index (χ2v) is 6.74. The van der Waals surface area contributed by atoms with Crippen LogP contribution >= 0.6 is 27.7 Å². The van der Waals surface area contributed by atoms with Gasteiger partial charge in [-0.25, -0.2) is 4.98 Å². The first-order valence-electron chi connectivity index (χ1n) is 6.78. The molecule has 2 aromatic carbocycles. The van der Waals surface area contributed by atoms with E-state index in [1.807, 2.05) is 36.4 Å². The Labute approximate surface area is 139 Å². The highest BCUT2D eigenvalue weighted by Gasteiger charge is 2.09. The Morgan fingerprint density at radius 3 is 2.68 bits per heavy atom. The van der Waals surface area contributed by atoms with Gasteiger partial charge in [-0.3, -0.25) is 0 Å². The van der Waals surface area contributed by atoms with Crippen LogP contribution in [-0.4, -0.2) is 20.2 Å². The maximum absolute atomic E-state index is 4.57. The van der Waals surface area contributed by atoms with Crippen molar-refractivity contribution in [1.82, 2.24) is 20.2 Å². The van der Waals surface area contributed by atoms with E-state index in [1.54, 1.807) is 11.8 Å². The summed E-state index contributed by atoms with van der Waals surface area (Å²) < 4.78 is 1.08. The number of hydrogen-bond donors (Lipinski definition) is 1. The number of rotatable bonds is 3. The van der Waals surface area contributed by atoms with Crippen molar-refractivity contribution in [1.29, 1.82) is 0 Å². The van der Waals surface area contributed by atoms with E-state index in [9.17, 15) is 0 Å². The molecule has 0 saturated heterocycles. The number of nitrogens with one attached hydrogen (secondary N) is 1. The molecule has 108 valence electrons. The number of aromatic nitrogens is 4. The number of fused-ring (bicyclic) bond motifs is 3. The van der Waals surface area contributed by atoms with Gasteiger partial charge in [-0.1, -0.05) is 58.0 Å². The van der Waals surface area contributed by atoms with Crippen molar-refractivity contribution in [3.8, 4) is 0 Å². The van der Waals surface area contributed by atoms with Crippen molar-refractivity contribution in [2.75, 3.05) is 0 Å². The molecule has 4 nitrogen and oxygen atoms in total. The van der Waals surface area contributed by atoms with Crippen molar-refractivity contribution >= 4 is 49.8 Å². The quantitative estimate of drug-likeness (QED) is 0.537. The van der Waals surface area contributed by atoms with Crippen molar-refractivity contribution in [2.45, 2.75) is 10.9 Å². The second kappa shape index (κ2) is 5.70. The Bertz CT molecular complexity index is 949. The summed E-state index contributed by atoms with van der Waals surface area (Å²) in [7, 11) is 0. The number of thioether (sulfide) groups is 1. The number of halogens is 1. The zero-order chi connectivity index (χ0) is 14.9. The van der Waals surface area contributed by atoms with E-state index in [2.05, 4.69) is 48.2 Å². The van der Waals surface area contributed by atoms with Crippen LogP contribution in [0.4, 0.5) is 0 Å². The monoisotopic (exact) mass is 370 g/mol. The molecule has 0 spiro atoms. The highest BCUT2D eigenvalue weighted by atomic mass is 79.9. The van der Waals surface area contributed by atoms with Gasteiger partial charge < -0.3 is 4.98 Å². The average Bonchev–Trinajstić information content (AvgIpc) is 2.92. The topological polar surface area (TPSA) is 54.5 Å². The maximum Gasteiger partial charge on any atom is 0.211 e. The fraction of sp³-hybridized carbons (Fsp3) is 0.0625. The average molecular weight is 371 g/mol. The molecule has 0 unspecified atom stereocenters. The van der Waals surface area contributed by atoms with Gasteiger partial charge in [0.15, 0.2) is 5.65 Å². The normalized spacial score (nSPS) is 11.3. The summed E-state index contributed by atoms with van der Waals surface area (Å²) in [4.78, 5) is 7.86. The minimum absolute atomic E-state index is 0.682. The van der Waals surface area contributed by atoms with Gasteiger partial charge in [0.05, 0.1) is 0 Å². The van der Waals surface area contributed by atoms with Gasteiger partial charge in [-0.15, -0.1) is 10.2 Å². The zero-order valence-corrected chi connectivity index (χ0v) is 13.9. The molecule has 0 saturated carbocycles. The third kappa shape index (κ3) is 2.60. The van der Waals surface area contributed by atoms with Gasteiger partial charge in [-0.2, -0.15) is 0 Å². The van der Waals surface area contributed by atoms with Crippen LogP contribution in [0.2, 0.25) is 0 Å². The molecule has 2 aromatic heterocycles. The Hall–Kier alpha value is -1.92. The third-order valence-electron chi connectivity index (χ3n) is 3.38. The molecule has 22 heavy (non-hydrogen) atoms. The van der Waals surface area contributed by atoms with Crippen LogP contribution in [-0.2, 0) is 5.75 Å². The molecular weight excluding hydrogens is 360 g/mol. The van der Waals surface area contributed by atoms with E-state index in [0.29, 0.717) is 5.16 Å². The fourth-order valence-corrected chi connectivity index (χ4v) is 3.30. The van der Waals surface area contributed by atoms with Crippen LogP contribution in [0.1, 0.15) is 5.56 Å².